The molecule has 0 aromatic carbocycles. The lowest BCUT2D eigenvalue weighted by atomic mass is 10.2. The van der Waals surface area contributed by atoms with Crippen molar-refractivity contribution in [2.75, 3.05) is 46.3 Å². The Kier molecular flexibility index (Phi) is 4.78. The lowest BCUT2D eigenvalue weighted by molar-refractivity contribution is -0.130. The largest absolute Gasteiger partial charge is 0.340 e. The normalized spacial score (nSPS) is 17.9. The number of hydrogen-bond donors (Lipinski definition) is 1. The van der Waals surface area contributed by atoms with Gasteiger partial charge in [0.15, 0.2) is 0 Å². The molecule has 1 heterocycles. The fraction of sp³-hybridized carbons (Fsp3) is 0.727. The Hall–Kier alpha value is -0.870. The van der Waals surface area contributed by atoms with E-state index in [1.165, 1.54) is 5.57 Å². The average molecular weight is 211 g/mol. The highest BCUT2D eigenvalue weighted by Gasteiger charge is 2.18. The van der Waals surface area contributed by atoms with Gasteiger partial charge in [-0.05, 0) is 12.6 Å². The zero-order valence-corrected chi connectivity index (χ0v) is 9.75. The summed E-state index contributed by atoms with van der Waals surface area (Å²) in [4.78, 5) is 15.4. The van der Waals surface area contributed by atoms with Gasteiger partial charge in [-0.15, -0.1) is 0 Å². The van der Waals surface area contributed by atoms with Gasteiger partial charge in [-0.2, -0.15) is 0 Å². The summed E-state index contributed by atoms with van der Waals surface area (Å²) in [6, 6.07) is 0. The van der Waals surface area contributed by atoms with E-state index in [1.54, 1.807) is 6.92 Å². The second kappa shape index (κ2) is 5.88. The molecular weight excluding hydrogens is 190 g/mol. The smallest absolute Gasteiger partial charge is 0.219 e. The van der Waals surface area contributed by atoms with Crippen LogP contribution in [0.3, 0.4) is 0 Å². The van der Waals surface area contributed by atoms with Crippen LogP contribution in [-0.4, -0.2) is 62.0 Å². The van der Waals surface area contributed by atoms with Gasteiger partial charge in [0.2, 0.25) is 5.91 Å². The van der Waals surface area contributed by atoms with Crippen LogP contribution < -0.4 is 5.32 Å². The van der Waals surface area contributed by atoms with E-state index in [4.69, 9.17) is 0 Å². The third kappa shape index (κ3) is 4.01. The molecule has 4 heteroatoms. The summed E-state index contributed by atoms with van der Waals surface area (Å²) in [5.74, 6) is 0.184. The van der Waals surface area contributed by atoms with E-state index < -0.39 is 0 Å². The minimum atomic E-state index is 0.184. The first-order valence-corrected chi connectivity index (χ1v) is 5.42. The second-order valence-electron chi connectivity index (χ2n) is 4.06. The molecule has 0 aromatic heterocycles. The molecule has 0 unspecified atom stereocenters. The molecule has 1 N–H and O–H groups in total. The number of rotatable bonds is 4. The van der Waals surface area contributed by atoms with E-state index in [0.29, 0.717) is 0 Å². The van der Waals surface area contributed by atoms with E-state index in [9.17, 15) is 4.79 Å². The number of carbonyl (C=O) groups excluding carboxylic acids is 1. The zero-order valence-electron chi connectivity index (χ0n) is 9.75. The Bertz CT molecular complexity index is 232. The molecule has 0 atom stereocenters. The Morgan fingerprint density at radius 2 is 1.93 bits per heavy atom. The topological polar surface area (TPSA) is 35.6 Å². The molecule has 0 aliphatic carbocycles. The van der Waals surface area contributed by atoms with Gasteiger partial charge in [-0.1, -0.05) is 6.58 Å². The monoisotopic (exact) mass is 211 g/mol. The molecule has 0 aromatic rings. The highest BCUT2D eigenvalue weighted by molar-refractivity contribution is 5.73. The van der Waals surface area contributed by atoms with Gasteiger partial charge in [0, 0.05) is 46.2 Å². The standard InChI is InChI=1S/C11H21N3O/c1-10(8-12-3)9-13-4-6-14(7-5-13)11(2)15/h12H,1,4-9H2,2-3H3. The molecule has 0 radical (unpaired) electrons. The second-order valence-corrected chi connectivity index (χ2v) is 4.06. The summed E-state index contributed by atoms with van der Waals surface area (Å²) in [6.07, 6.45) is 0. The van der Waals surface area contributed by atoms with E-state index in [-0.39, 0.29) is 5.91 Å². The molecule has 1 aliphatic rings. The van der Waals surface area contributed by atoms with E-state index in [1.807, 2.05) is 11.9 Å². The van der Waals surface area contributed by atoms with Crippen molar-refractivity contribution in [1.82, 2.24) is 15.1 Å². The van der Waals surface area contributed by atoms with Crippen molar-refractivity contribution in [2.45, 2.75) is 6.92 Å². The Morgan fingerprint density at radius 1 is 1.33 bits per heavy atom. The fourth-order valence-electron chi connectivity index (χ4n) is 1.84. The third-order valence-electron chi connectivity index (χ3n) is 2.69. The van der Waals surface area contributed by atoms with Crippen molar-refractivity contribution < 1.29 is 4.79 Å². The summed E-state index contributed by atoms with van der Waals surface area (Å²) in [6.45, 7) is 11.1. The fourth-order valence-corrected chi connectivity index (χ4v) is 1.84. The quantitative estimate of drug-likeness (QED) is 0.661. The molecule has 4 nitrogen and oxygen atoms in total. The molecule has 1 fully saturated rings. The van der Waals surface area contributed by atoms with Crippen LogP contribution in [0.2, 0.25) is 0 Å². The Balaban J connectivity index is 2.25. The molecule has 0 saturated carbocycles. The summed E-state index contributed by atoms with van der Waals surface area (Å²) in [7, 11) is 1.93. The van der Waals surface area contributed by atoms with Crippen LogP contribution in [0.5, 0.6) is 0 Å². The van der Waals surface area contributed by atoms with Gasteiger partial charge >= 0.3 is 0 Å². The van der Waals surface area contributed by atoms with Crippen molar-refractivity contribution in [3.05, 3.63) is 12.2 Å². The predicted octanol–water partition coefficient (Wildman–Crippen LogP) is -0.0739. The number of amides is 1. The van der Waals surface area contributed by atoms with Crippen LogP contribution in [0.4, 0.5) is 0 Å². The van der Waals surface area contributed by atoms with Crippen LogP contribution in [0.1, 0.15) is 6.92 Å². The first kappa shape index (κ1) is 12.2. The number of piperazine rings is 1. The Labute approximate surface area is 91.9 Å². The van der Waals surface area contributed by atoms with Crippen molar-refractivity contribution in [2.24, 2.45) is 0 Å². The van der Waals surface area contributed by atoms with Crippen LogP contribution >= 0.6 is 0 Å². The van der Waals surface area contributed by atoms with Crippen molar-refractivity contribution >= 4 is 5.91 Å². The first-order chi connectivity index (χ1) is 7.13. The molecule has 86 valence electrons. The molecule has 1 rings (SSSR count). The van der Waals surface area contributed by atoms with Crippen LogP contribution in [0.15, 0.2) is 12.2 Å². The number of hydrogen-bond acceptors (Lipinski definition) is 3. The van der Waals surface area contributed by atoms with Gasteiger partial charge in [0.1, 0.15) is 0 Å². The van der Waals surface area contributed by atoms with Gasteiger partial charge in [-0.25, -0.2) is 0 Å². The Morgan fingerprint density at radius 3 is 2.40 bits per heavy atom. The van der Waals surface area contributed by atoms with E-state index in [2.05, 4.69) is 16.8 Å². The highest BCUT2D eigenvalue weighted by Crippen LogP contribution is 2.04. The zero-order chi connectivity index (χ0) is 11.3. The van der Waals surface area contributed by atoms with E-state index in [0.717, 1.165) is 39.3 Å². The average Bonchev–Trinajstić information content (AvgIpc) is 2.18. The van der Waals surface area contributed by atoms with Gasteiger partial charge in [-0.3, -0.25) is 9.69 Å². The molecular formula is C11H21N3O. The van der Waals surface area contributed by atoms with E-state index >= 15 is 0 Å². The SMILES string of the molecule is C=C(CNC)CN1CCN(C(C)=O)CC1. The summed E-state index contributed by atoms with van der Waals surface area (Å²) < 4.78 is 0. The molecule has 15 heavy (non-hydrogen) atoms. The molecule has 1 aliphatic heterocycles. The number of likely N-dealkylation sites (N-methyl/N-ethyl adjacent to an activating group) is 1. The molecule has 1 saturated heterocycles. The van der Waals surface area contributed by atoms with Crippen molar-refractivity contribution in [1.29, 1.82) is 0 Å². The maximum atomic E-state index is 11.1. The van der Waals surface area contributed by atoms with Crippen molar-refractivity contribution in [3.8, 4) is 0 Å². The van der Waals surface area contributed by atoms with Crippen LogP contribution in [0, 0.1) is 0 Å². The van der Waals surface area contributed by atoms with Gasteiger partial charge < -0.3 is 10.2 Å². The van der Waals surface area contributed by atoms with Crippen LogP contribution in [0.25, 0.3) is 0 Å². The molecule has 0 spiro atoms. The lowest BCUT2D eigenvalue weighted by Gasteiger charge is -2.34. The number of nitrogens with one attached hydrogen (secondary N) is 1. The number of nitrogens with zero attached hydrogens (tertiary/aromatic N) is 2. The maximum absolute atomic E-state index is 11.1. The van der Waals surface area contributed by atoms with Crippen LogP contribution in [-0.2, 0) is 4.79 Å². The maximum Gasteiger partial charge on any atom is 0.219 e. The van der Waals surface area contributed by atoms with Gasteiger partial charge in [0.25, 0.3) is 0 Å². The molecule has 1 amide bonds. The minimum absolute atomic E-state index is 0.184. The lowest BCUT2D eigenvalue weighted by Crippen LogP contribution is -2.48. The van der Waals surface area contributed by atoms with Gasteiger partial charge in [0.05, 0.1) is 0 Å². The first-order valence-electron chi connectivity index (χ1n) is 5.42. The number of carbonyl (C=O) groups is 1. The van der Waals surface area contributed by atoms with Crippen molar-refractivity contribution in [3.63, 3.8) is 0 Å². The minimum Gasteiger partial charge on any atom is -0.340 e. The highest BCUT2D eigenvalue weighted by atomic mass is 16.2. The predicted molar refractivity (Wildman–Crippen MR) is 61.8 cm³/mol. The molecule has 0 bridgehead atoms. The summed E-state index contributed by atoms with van der Waals surface area (Å²) >= 11 is 0. The summed E-state index contributed by atoms with van der Waals surface area (Å²) in [5, 5.41) is 3.09. The summed E-state index contributed by atoms with van der Waals surface area (Å²) in [5.41, 5.74) is 1.20. The third-order valence-corrected chi connectivity index (χ3v) is 2.69.